The Bertz CT molecular complexity index is 1380. The summed E-state index contributed by atoms with van der Waals surface area (Å²) >= 11 is 3.40. The number of azide groups is 1. The summed E-state index contributed by atoms with van der Waals surface area (Å²) < 4.78 is 22.9. The summed E-state index contributed by atoms with van der Waals surface area (Å²) in [6.07, 6.45) is 25.8. The fourth-order valence-electron chi connectivity index (χ4n) is 6.46. The third kappa shape index (κ3) is 34.5. The molecule has 5 aliphatic rings. The second-order valence-electron chi connectivity index (χ2n) is 16.4. The molecule has 0 amide bonds. The van der Waals surface area contributed by atoms with E-state index in [-0.39, 0.29) is 93.6 Å². The maximum Gasteiger partial charge on any atom is 2.00 e. The van der Waals surface area contributed by atoms with E-state index in [9.17, 15) is 24.0 Å². The van der Waals surface area contributed by atoms with Crippen LogP contribution in [0.2, 0.25) is 0 Å². The van der Waals surface area contributed by atoms with Crippen LogP contribution in [0, 0.1) is 28.6 Å². The van der Waals surface area contributed by atoms with Crippen molar-refractivity contribution in [3.05, 3.63) is 54.3 Å². The van der Waals surface area contributed by atoms with Crippen LogP contribution in [0.4, 0.5) is 0 Å². The Morgan fingerprint density at radius 1 is 0.714 bits per heavy atom. The average Bonchev–Trinajstić information content (AvgIpc) is 3.98. The van der Waals surface area contributed by atoms with E-state index in [2.05, 4.69) is 69.7 Å². The second-order valence-corrected chi connectivity index (χ2v) is 17.2. The van der Waals surface area contributed by atoms with Crippen LogP contribution < -0.4 is 22.7 Å². The summed E-state index contributed by atoms with van der Waals surface area (Å²) in [7, 11) is 7.15. The van der Waals surface area contributed by atoms with E-state index >= 15 is 0 Å². The summed E-state index contributed by atoms with van der Waals surface area (Å²) in [5.74, 6) is -0.584. The Balaban J connectivity index is -0.000000338. The van der Waals surface area contributed by atoms with Crippen molar-refractivity contribution >= 4 is 68.8 Å². The zero-order valence-electron chi connectivity index (χ0n) is 38.3. The maximum absolute atomic E-state index is 11.1. The van der Waals surface area contributed by atoms with Crippen molar-refractivity contribution in [2.24, 2.45) is 32.5 Å². The van der Waals surface area contributed by atoms with E-state index in [4.69, 9.17) is 11.3 Å². The van der Waals surface area contributed by atoms with E-state index in [1.807, 2.05) is 6.08 Å². The number of nitrogens with two attached hydrogens (primary N) is 1. The molecular weight excluding hydrogens is 953 g/mol. The molecule has 0 saturated heterocycles. The number of methoxy groups -OCH3 is 5. The monoisotopic (exact) mass is 1030 g/mol. The van der Waals surface area contributed by atoms with E-state index in [1.54, 1.807) is 6.08 Å². The molecule has 63 heavy (non-hydrogen) atoms. The standard InChI is InChI=1S/C9H15BrO2.C9H15N3O2.C9H17NO2.C9H14O2.C6H8O2.C3H5.CH4.BrH.Mg/c1-12-8(11)7-9(4-5-9)3-2-6-10;1-14-8(13)7-9(4-5-9)3-2-6-11-12-10;1-12-8(11)7-9(4-5-9)3-2-6-10;1-3-4-9(5-6-9)7-8(10)11-2;1-8-6(7)4-5-2-3-5;1-3-2;;;/h2-7H2,1H3;2-7H2,1H3;2-7,10H2,1H3;3H,1,4-7H2,2H3;4H,2-3H2,1H3;3H,1-2H2;1H4;1H;/q;;;;;-1;;;+2/p-1. The third-order valence-electron chi connectivity index (χ3n) is 11.2. The zero-order valence-corrected chi connectivity index (χ0v) is 42.9. The number of carbonyl (C=O) groups is 5. The van der Waals surface area contributed by atoms with Crippen molar-refractivity contribution in [3.63, 3.8) is 0 Å². The molecule has 5 saturated carbocycles. The van der Waals surface area contributed by atoms with Gasteiger partial charge in [0.25, 0.3) is 0 Å². The van der Waals surface area contributed by atoms with Crippen molar-refractivity contribution in [1.82, 2.24) is 0 Å². The normalized spacial score (nSPS) is 16.4. The summed E-state index contributed by atoms with van der Waals surface area (Å²) in [4.78, 5) is 57.0. The van der Waals surface area contributed by atoms with Gasteiger partial charge in [0, 0.05) is 22.9 Å². The van der Waals surface area contributed by atoms with Crippen LogP contribution in [0.5, 0.6) is 0 Å². The van der Waals surface area contributed by atoms with Crippen LogP contribution in [-0.4, -0.2) is 107 Å². The fraction of sp³-hybridized carbons (Fsp3) is 0.739. The van der Waals surface area contributed by atoms with E-state index in [0.29, 0.717) is 37.6 Å². The molecule has 5 aliphatic carbocycles. The summed E-state index contributed by atoms with van der Waals surface area (Å²) in [6.45, 7) is 11.4. The first-order chi connectivity index (χ1) is 28.6. The topological polar surface area (TPSA) is 206 Å². The minimum atomic E-state index is -0.225. The Kier molecular flexibility index (Phi) is 40.0. The van der Waals surface area contributed by atoms with Gasteiger partial charge in [0.1, 0.15) is 0 Å². The van der Waals surface area contributed by atoms with E-state index in [0.717, 1.165) is 95.3 Å². The Morgan fingerprint density at radius 2 is 1.06 bits per heavy atom. The molecule has 14 nitrogen and oxygen atoms in total. The largest absolute Gasteiger partial charge is 2.00 e. The Hall–Kier alpha value is -2.56. The third-order valence-corrected chi connectivity index (χ3v) is 11.8. The number of halogens is 2. The summed E-state index contributed by atoms with van der Waals surface area (Å²) in [6, 6.07) is 0. The van der Waals surface area contributed by atoms with Gasteiger partial charge in [0.2, 0.25) is 0 Å². The summed E-state index contributed by atoms with van der Waals surface area (Å²) in [5, 5.41) is 4.50. The van der Waals surface area contributed by atoms with Gasteiger partial charge in [-0.2, -0.15) is 0 Å². The molecule has 17 heteroatoms. The first-order valence-corrected chi connectivity index (χ1v) is 22.1. The van der Waals surface area contributed by atoms with Crippen LogP contribution in [0.15, 0.2) is 42.1 Å². The van der Waals surface area contributed by atoms with Crippen LogP contribution in [0.25, 0.3) is 10.4 Å². The van der Waals surface area contributed by atoms with Gasteiger partial charge in [0.15, 0.2) is 0 Å². The number of allylic oxidation sites excluding steroid dienone is 3. The number of alkyl halides is 1. The molecule has 0 heterocycles. The van der Waals surface area contributed by atoms with E-state index in [1.165, 1.54) is 72.9 Å². The van der Waals surface area contributed by atoms with Gasteiger partial charge in [0.05, 0.1) is 61.2 Å². The quantitative estimate of drug-likeness (QED) is 0.0105. The molecular formula is C46H78Br2MgN4O10. The number of esters is 5. The van der Waals surface area contributed by atoms with Crippen LogP contribution in [-0.2, 0) is 47.7 Å². The van der Waals surface area contributed by atoms with Gasteiger partial charge in [-0.3, -0.25) is 19.2 Å². The molecule has 0 radical (unpaired) electrons. The van der Waals surface area contributed by atoms with Crippen molar-refractivity contribution in [2.75, 3.05) is 54.0 Å². The van der Waals surface area contributed by atoms with Crippen molar-refractivity contribution in [2.45, 2.75) is 142 Å². The van der Waals surface area contributed by atoms with Gasteiger partial charge in [-0.05, 0) is 143 Å². The van der Waals surface area contributed by atoms with E-state index < -0.39 is 0 Å². The van der Waals surface area contributed by atoms with Crippen molar-refractivity contribution in [3.8, 4) is 0 Å². The molecule has 0 spiro atoms. The predicted molar refractivity (Wildman–Crippen MR) is 250 cm³/mol. The van der Waals surface area contributed by atoms with Crippen molar-refractivity contribution in [1.29, 1.82) is 0 Å². The van der Waals surface area contributed by atoms with Gasteiger partial charge in [-0.1, -0.05) is 40.1 Å². The van der Waals surface area contributed by atoms with Crippen molar-refractivity contribution < 1.29 is 64.6 Å². The number of rotatable bonds is 21. The minimum absolute atomic E-state index is 0. The smallest absolute Gasteiger partial charge is 1.00 e. The zero-order chi connectivity index (χ0) is 45.5. The summed E-state index contributed by atoms with van der Waals surface area (Å²) in [5.41, 5.74) is 15.7. The molecule has 2 N–H and O–H groups in total. The SMILES string of the molecule is C.C=CCC1(CC(=O)OC)CC1.C=C[CH2-].COC(=O)C=C1CC1.COC(=O)CC1(CCCBr)CC1.COC(=O)CC1(CCCN)CC1.COC(=O)CC1(CCCN=[N+]=[N-])CC1.[Br-].[Mg+2]. The average molecular weight is 1030 g/mol. The number of hydrogen-bond acceptors (Lipinski definition) is 12. The molecule has 0 aromatic heterocycles. The predicted octanol–water partition coefficient (Wildman–Crippen LogP) is 7.04. The Labute approximate surface area is 414 Å². The molecule has 0 atom stereocenters. The molecule has 358 valence electrons. The molecule has 0 aliphatic heterocycles. The molecule has 5 rings (SSSR count). The van der Waals surface area contributed by atoms with Gasteiger partial charge < -0.3 is 46.4 Å². The number of nitrogens with zero attached hydrogens (tertiary/aromatic N) is 3. The minimum Gasteiger partial charge on any atom is -1.00 e. The molecule has 0 bridgehead atoms. The number of hydrogen-bond donors (Lipinski definition) is 1. The van der Waals surface area contributed by atoms with Crippen LogP contribution >= 0.6 is 15.9 Å². The fourth-order valence-corrected chi connectivity index (χ4v) is 6.74. The molecule has 5 fully saturated rings. The number of carbonyl (C=O) groups excluding carboxylic acids is 5. The number of ether oxygens (including phenoxy) is 5. The van der Waals surface area contributed by atoms with Gasteiger partial charge in [-0.25, -0.2) is 24.4 Å². The first-order valence-electron chi connectivity index (χ1n) is 21.0. The first kappa shape index (κ1) is 67.0. The Morgan fingerprint density at radius 3 is 1.33 bits per heavy atom. The second kappa shape index (κ2) is 37.6. The van der Waals surface area contributed by atoms with Gasteiger partial charge in [-0.15, -0.1) is 6.58 Å². The molecule has 0 unspecified atom stereocenters. The van der Waals surface area contributed by atoms with Crippen LogP contribution in [0.1, 0.15) is 142 Å². The van der Waals surface area contributed by atoms with Gasteiger partial charge >= 0.3 is 52.9 Å². The molecule has 0 aromatic rings. The molecule has 0 aromatic carbocycles. The maximum atomic E-state index is 11.1. The van der Waals surface area contributed by atoms with Crippen LogP contribution in [0.3, 0.4) is 0 Å².